The van der Waals surface area contributed by atoms with Crippen molar-refractivity contribution >= 4 is 29.9 Å². The summed E-state index contributed by atoms with van der Waals surface area (Å²) in [4.78, 5) is 57.3. The van der Waals surface area contributed by atoms with E-state index in [1.54, 1.807) is 0 Å². The summed E-state index contributed by atoms with van der Waals surface area (Å²) in [7, 11) is 2.43. The van der Waals surface area contributed by atoms with Gasteiger partial charge in [0.1, 0.15) is 18.9 Å². The summed E-state index contributed by atoms with van der Waals surface area (Å²) in [5, 5.41) is 4.67. The minimum absolute atomic E-state index is 0.0899. The molecule has 0 bridgehead atoms. The number of rotatable bonds is 8. The van der Waals surface area contributed by atoms with Gasteiger partial charge in [-0.3, -0.25) is 10.1 Å². The van der Waals surface area contributed by atoms with Crippen LogP contribution in [-0.4, -0.2) is 49.7 Å². The number of ketones is 1. The zero-order valence-electron chi connectivity index (χ0n) is 21.6. The SMILES string of the molecule is C=C(NC(=O)OCc1ccccc1)C(=O)OC.COC(=O)C1(NC(=O)OCc2ccccc2)C=CC(=O)CC1. The van der Waals surface area contributed by atoms with E-state index in [0.29, 0.717) is 0 Å². The topological polar surface area (TPSA) is 146 Å². The van der Waals surface area contributed by atoms with Gasteiger partial charge in [-0.05, 0) is 29.7 Å². The number of esters is 2. The van der Waals surface area contributed by atoms with Gasteiger partial charge >= 0.3 is 24.1 Å². The molecule has 0 radical (unpaired) electrons. The maximum atomic E-state index is 12.0. The lowest BCUT2D eigenvalue weighted by Crippen LogP contribution is -2.55. The second-order valence-electron chi connectivity index (χ2n) is 8.11. The molecule has 1 atom stereocenters. The fourth-order valence-electron chi connectivity index (χ4n) is 3.23. The molecule has 0 heterocycles. The third-order valence-corrected chi connectivity index (χ3v) is 5.30. The number of hydrogen-bond acceptors (Lipinski definition) is 9. The van der Waals surface area contributed by atoms with Crippen molar-refractivity contribution in [1.29, 1.82) is 0 Å². The number of allylic oxidation sites excluding steroid dienone is 1. The summed E-state index contributed by atoms with van der Waals surface area (Å²) in [6, 6.07) is 18.4. The number of nitrogens with one attached hydrogen (secondary N) is 2. The van der Waals surface area contributed by atoms with Crippen molar-refractivity contribution < 1.29 is 42.9 Å². The molecule has 1 unspecified atom stereocenters. The molecule has 0 aromatic heterocycles. The minimum atomic E-state index is -1.35. The molecule has 1 aliphatic carbocycles. The van der Waals surface area contributed by atoms with E-state index in [4.69, 9.17) is 14.2 Å². The molecule has 206 valence electrons. The van der Waals surface area contributed by atoms with E-state index in [-0.39, 0.29) is 37.5 Å². The van der Waals surface area contributed by atoms with E-state index in [9.17, 15) is 24.0 Å². The molecule has 0 saturated carbocycles. The Labute approximate surface area is 225 Å². The number of amides is 2. The summed E-state index contributed by atoms with van der Waals surface area (Å²) >= 11 is 0. The number of benzene rings is 2. The average Bonchev–Trinajstić information content (AvgIpc) is 2.96. The molecule has 0 aliphatic heterocycles. The highest BCUT2D eigenvalue weighted by molar-refractivity contribution is 5.96. The first kappa shape index (κ1) is 30.3. The number of carbonyl (C=O) groups is 5. The van der Waals surface area contributed by atoms with E-state index in [1.165, 1.54) is 26.4 Å². The highest BCUT2D eigenvalue weighted by Crippen LogP contribution is 2.22. The van der Waals surface area contributed by atoms with Crippen LogP contribution in [0.2, 0.25) is 0 Å². The Morgan fingerprint density at radius 3 is 1.85 bits per heavy atom. The first-order valence-corrected chi connectivity index (χ1v) is 11.7. The fraction of sp³-hybridized carbons (Fsp3) is 0.250. The molecule has 2 aromatic carbocycles. The van der Waals surface area contributed by atoms with E-state index >= 15 is 0 Å². The quantitative estimate of drug-likeness (QED) is 0.293. The normalized spacial score (nSPS) is 15.5. The van der Waals surface area contributed by atoms with Crippen LogP contribution in [-0.2, 0) is 46.5 Å². The first-order chi connectivity index (χ1) is 18.7. The van der Waals surface area contributed by atoms with Crippen LogP contribution in [0.1, 0.15) is 24.0 Å². The number of carbonyl (C=O) groups excluding carboxylic acids is 5. The van der Waals surface area contributed by atoms with Crippen molar-refractivity contribution in [2.75, 3.05) is 14.2 Å². The summed E-state index contributed by atoms with van der Waals surface area (Å²) in [6.45, 7) is 3.55. The Bertz CT molecular complexity index is 1200. The molecule has 2 amide bonds. The van der Waals surface area contributed by atoms with Crippen LogP contribution >= 0.6 is 0 Å². The Morgan fingerprint density at radius 1 is 0.846 bits per heavy atom. The molecule has 11 heteroatoms. The van der Waals surface area contributed by atoms with Crippen molar-refractivity contribution in [2.45, 2.75) is 31.6 Å². The highest BCUT2D eigenvalue weighted by Gasteiger charge is 2.41. The molecule has 0 spiro atoms. The lowest BCUT2D eigenvalue weighted by molar-refractivity contribution is -0.147. The molecule has 0 saturated heterocycles. The second kappa shape index (κ2) is 15.4. The molecule has 0 fully saturated rings. The van der Waals surface area contributed by atoms with Crippen LogP contribution in [0.4, 0.5) is 9.59 Å². The summed E-state index contributed by atoms with van der Waals surface area (Å²) < 4.78 is 19.1. The molecular weight excluding hydrogens is 508 g/mol. The minimum Gasteiger partial charge on any atom is -0.467 e. The highest BCUT2D eigenvalue weighted by atomic mass is 16.6. The molecular formula is C28H30N2O9. The number of methoxy groups -OCH3 is 2. The second-order valence-corrected chi connectivity index (χ2v) is 8.11. The number of alkyl carbamates (subject to hydrolysis) is 2. The van der Waals surface area contributed by atoms with Crippen LogP contribution in [0.3, 0.4) is 0 Å². The van der Waals surface area contributed by atoms with Crippen LogP contribution in [0.5, 0.6) is 0 Å². The molecule has 2 aromatic rings. The standard InChI is InChI=1S/C16H17NO5.C12H13NO4/c1-21-14(19)16(9-7-13(18)8-10-16)17-15(20)22-11-12-5-3-2-4-6-12;1-9(11(14)16-2)13-12(15)17-8-10-6-4-3-5-7-10/h2-7,9H,8,10-11H2,1H3,(H,17,20);3-7H,1,8H2,2H3,(H,13,15). The first-order valence-electron chi connectivity index (χ1n) is 11.7. The van der Waals surface area contributed by atoms with Crippen molar-refractivity contribution in [3.8, 4) is 0 Å². The average molecular weight is 539 g/mol. The van der Waals surface area contributed by atoms with Gasteiger partial charge in [-0.15, -0.1) is 0 Å². The third kappa shape index (κ3) is 10.2. The molecule has 11 nitrogen and oxygen atoms in total. The summed E-state index contributed by atoms with van der Waals surface area (Å²) in [6.07, 6.45) is 1.45. The van der Waals surface area contributed by atoms with Crippen molar-refractivity contribution in [3.63, 3.8) is 0 Å². The zero-order valence-corrected chi connectivity index (χ0v) is 21.6. The van der Waals surface area contributed by atoms with Gasteiger partial charge in [-0.25, -0.2) is 19.2 Å². The Balaban J connectivity index is 0.000000283. The van der Waals surface area contributed by atoms with Gasteiger partial charge in [0, 0.05) is 6.42 Å². The lowest BCUT2D eigenvalue weighted by atomic mass is 9.87. The molecule has 2 N–H and O–H groups in total. The Kier molecular flexibility index (Phi) is 11.9. The van der Waals surface area contributed by atoms with Crippen LogP contribution in [0.25, 0.3) is 0 Å². The van der Waals surface area contributed by atoms with Crippen molar-refractivity contribution in [1.82, 2.24) is 10.6 Å². The van der Waals surface area contributed by atoms with Crippen molar-refractivity contribution in [3.05, 3.63) is 96.2 Å². The van der Waals surface area contributed by atoms with Gasteiger partial charge in [-0.2, -0.15) is 0 Å². The lowest BCUT2D eigenvalue weighted by Gasteiger charge is -2.30. The van der Waals surface area contributed by atoms with Crippen LogP contribution < -0.4 is 10.6 Å². The molecule has 3 rings (SSSR count). The smallest absolute Gasteiger partial charge is 0.412 e. The summed E-state index contributed by atoms with van der Waals surface area (Å²) in [5.41, 5.74) is 0.173. The van der Waals surface area contributed by atoms with Crippen molar-refractivity contribution in [2.24, 2.45) is 0 Å². The van der Waals surface area contributed by atoms with E-state index in [0.717, 1.165) is 11.1 Å². The molecule has 39 heavy (non-hydrogen) atoms. The number of hydrogen-bond donors (Lipinski definition) is 2. The van der Waals surface area contributed by atoms with Gasteiger partial charge in [0.15, 0.2) is 11.3 Å². The van der Waals surface area contributed by atoms with E-state index in [1.807, 2.05) is 60.7 Å². The van der Waals surface area contributed by atoms with Gasteiger partial charge in [-0.1, -0.05) is 67.2 Å². The summed E-state index contributed by atoms with van der Waals surface area (Å²) in [5.74, 6) is -1.44. The third-order valence-electron chi connectivity index (χ3n) is 5.30. The monoisotopic (exact) mass is 538 g/mol. The maximum absolute atomic E-state index is 12.0. The van der Waals surface area contributed by atoms with Gasteiger partial charge in [0.2, 0.25) is 0 Å². The molecule has 1 aliphatic rings. The van der Waals surface area contributed by atoms with Gasteiger partial charge in [0.05, 0.1) is 14.2 Å². The maximum Gasteiger partial charge on any atom is 0.412 e. The Hall–Kier alpha value is -4.93. The predicted octanol–water partition coefficient (Wildman–Crippen LogP) is 3.34. The van der Waals surface area contributed by atoms with E-state index in [2.05, 4.69) is 21.9 Å². The predicted molar refractivity (Wildman–Crippen MR) is 139 cm³/mol. The van der Waals surface area contributed by atoms with Gasteiger partial charge < -0.3 is 24.3 Å². The van der Waals surface area contributed by atoms with Gasteiger partial charge in [0.25, 0.3) is 0 Å². The van der Waals surface area contributed by atoms with E-state index < -0.39 is 29.7 Å². The Morgan fingerprint density at radius 2 is 1.38 bits per heavy atom. The fourth-order valence-corrected chi connectivity index (χ4v) is 3.23. The zero-order chi connectivity index (χ0) is 28.7. The van der Waals surface area contributed by atoms with Crippen LogP contribution in [0.15, 0.2) is 85.1 Å². The van der Waals surface area contributed by atoms with Crippen LogP contribution in [0, 0.1) is 0 Å². The largest absolute Gasteiger partial charge is 0.467 e. The number of ether oxygens (including phenoxy) is 4.